The Labute approximate surface area is 146 Å². The number of anilines is 1. The molecular weight excluding hydrogens is 502 g/mol. The highest BCUT2D eigenvalue weighted by Crippen LogP contribution is 2.27. The van der Waals surface area contributed by atoms with Crippen molar-refractivity contribution in [2.75, 3.05) is 5.32 Å². The fraction of sp³-hybridized carbons (Fsp3) is 0. The number of carboxylic acids is 1. The summed E-state index contributed by atoms with van der Waals surface area (Å²) in [5.41, 5.74) is 0.121. The van der Waals surface area contributed by atoms with Crippen LogP contribution < -0.4 is 5.32 Å². The van der Waals surface area contributed by atoms with Crippen molar-refractivity contribution in [1.29, 1.82) is 0 Å². The number of hydrogen-bond acceptors (Lipinski definition) is 4. The van der Waals surface area contributed by atoms with Crippen LogP contribution in [0.4, 0.5) is 5.82 Å². The number of carbonyl (C=O) groups is 2. The molecule has 0 unspecified atom stereocenters. The molecule has 0 atom stereocenters. The molecule has 0 aliphatic rings. The van der Waals surface area contributed by atoms with Gasteiger partial charge < -0.3 is 15.5 Å². The Morgan fingerprint density at radius 3 is 2.57 bits per heavy atom. The topological polar surface area (TPSA) is 99.5 Å². The fourth-order valence-corrected chi connectivity index (χ4v) is 3.40. The van der Waals surface area contributed by atoms with E-state index in [2.05, 4.69) is 10.3 Å². The lowest BCUT2D eigenvalue weighted by Crippen LogP contribution is -2.14. The first-order valence-electron chi connectivity index (χ1n) is 5.57. The molecule has 1 aromatic heterocycles. The van der Waals surface area contributed by atoms with E-state index in [9.17, 15) is 14.7 Å². The first-order valence-corrected chi connectivity index (χ1v) is 7.73. The molecule has 1 aromatic carbocycles. The van der Waals surface area contributed by atoms with Crippen molar-refractivity contribution in [3.63, 3.8) is 0 Å². The van der Waals surface area contributed by atoms with Gasteiger partial charge in [0.2, 0.25) is 0 Å². The normalized spacial score (nSPS) is 10.2. The van der Waals surface area contributed by atoms with E-state index in [0.717, 1.165) is 3.57 Å². The van der Waals surface area contributed by atoms with E-state index in [4.69, 9.17) is 5.11 Å². The van der Waals surface area contributed by atoms with Gasteiger partial charge in [-0.1, -0.05) is 0 Å². The molecule has 1 heterocycles. The van der Waals surface area contributed by atoms with Crippen molar-refractivity contribution in [2.45, 2.75) is 0 Å². The highest BCUT2D eigenvalue weighted by Gasteiger charge is 2.16. The van der Waals surface area contributed by atoms with Crippen LogP contribution in [-0.2, 0) is 0 Å². The Morgan fingerprint density at radius 1 is 1.19 bits per heavy atom. The summed E-state index contributed by atoms with van der Waals surface area (Å²) in [6.45, 7) is 0. The zero-order valence-electron chi connectivity index (χ0n) is 10.3. The van der Waals surface area contributed by atoms with Crippen LogP contribution in [0.2, 0.25) is 0 Å². The summed E-state index contributed by atoms with van der Waals surface area (Å²) in [4.78, 5) is 26.9. The number of halogens is 2. The van der Waals surface area contributed by atoms with Gasteiger partial charge in [-0.25, -0.2) is 9.78 Å². The third-order valence-corrected chi connectivity index (χ3v) is 3.97. The van der Waals surface area contributed by atoms with Gasteiger partial charge in [-0.05, 0) is 69.4 Å². The lowest BCUT2D eigenvalue weighted by Gasteiger charge is -2.08. The summed E-state index contributed by atoms with van der Waals surface area (Å²) < 4.78 is 1.35. The summed E-state index contributed by atoms with van der Waals surface area (Å²) in [6, 6.07) is 5.84. The molecule has 0 saturated carbocycles. The van der Waals surface area contributed by atoms with Crippen LogP contribution in [0.25, 0.3) is 0 Å². The summed E-state index contributed by atoms with van der Waals surface area (Å²) in [5, 5.41) is 21.3. The molecule has 0 fully saturated rings. The van der Waals surface area contributed by atoms with Gasteiger partial charge in [-0.2, -0.15) is 0 Å². The van der Waals surface area contributed by atoms with Gasteiger partial charge in [0.05, 0.1) is 14.7 Å². The van der Waals surface area contributed by atoms with Gasteiger partial charge in [0.1, 0.15) is 11.6 Å². The highest BCUT2D eigenvalue weighted by molar-refractivity contribution is 14.1. The Bertz CT molecular complexity index is 734. The van der Waals surface area contributed by atoms with E-state index in [0.29, 0.717) is 3.57 Å². The van der Waals surface area contributed by atoms with Crippen molar-refractivity contribution in [3.8, 4) is 5.75 Å². The SMILES string of the molecule is O=C(O)c1ccnc(NC(=O)c2cc(I)cc(I)c2O)c1. The van der Waals surface area contributed by atoms with E-state index >= 15 is 0 Å². The molecular formula is C13H8I2N2O4. The zero-order valence-corrected chi connectivity index (χ0v) is 14.6. The van der Waals surface area contributed by atoms with E-state index in [1.165, 1.54) is 24.4 Å². The van der Waals surface area contributed by atoms with Crippen LogP contribution in [0.1, 0.15) is 20.7 Å². The second-order valence-corrected chi connectivity index (χ2v) is 6.38. The van der Waals surface area contributed by atoms with Gasteiger partial charge in [0.25, 0.3) is 5.91 Å². The number of carbonyl (C=O) groups excluding carboxylic acids is 1. The molecule has 108 valence electrons. The number of aromatic nitrogens is 1. The highest BCUT2D eigenvalue weighted by atomic mass is 127. The zero-order chi connectivity index (χ0) is 15.6. The van der Waals surface area contributed by atoms with Crippen molar-refractivity contribution in [1.82, 2.24) is 4.98 Å². The molecule has 3 N–H and O–H groups in total. The molecule has 0 aliphatic heterocycles. The number of rotatable bonds is 3. The largest absolute Gasteiger partial charge is 0.506 e. The summed E-state index contributed by atoms with van der Waals surface area (Å²) in [5.74, 6) is -1.69. The average Bonchev–Trinajstić information content (AvgIpc) is 2.43. The molecule has 2 aromatic rings. The van der Waals surface area contributed by atoms with Gasteiger partial charge in [0.15, 0.2) is 0 Å². The molecule has 0 aliphatic carbocycles. The molecule has 6 nitrogen and oxygen atoms in total. The second-order valence-electron chi connectivity index (χ2n) is 3.97. The minimum absolute atomic E-state index is 0.0155. The van der Waals surface area contributed by atoms with E-state index in [1.807, 2.05) is 45.2 Å². The molecule has 0 bridgehead atoms. The smallest absolute Gasteiger partial charge is 0.335 e. The number of aromatic hydroxyl groups is 1. The lowest BCUT2D eigenvalue weighted by molar-refractivity contribution is 0.0696. The number of amides is 1. The monoisotopic (exact) mass is 510 g/mol. The number of benzene rings is 1. The van der Waals surface area contributed by atoms with Crippen molar-refractivity contribution in [3.05, 3.63) is 48.7 Å². The second kappa shape index (κ2) is 6.56. The number of nitrogens with zero attached hydrogens (tertiary/aromatic N) is 1. The van der Waals surface area contributed by atoms with Crippen molar-refractivity contribution >= 4 is 62.9 Å². The van der Waals surface area contributed by atoms with Crippen LogP contribution in [0.5, 0.6) is 5.75 Å². The maximum Gasteiger partial charge on any atom is 0.335 e. The van der Waals surface area contributed by atoms with Crippen LogP contribution in [0.15, 0.2) is 30.5 Å². The number of phenols is 1. The van der Waals surface area contributed by atoms with Crippen LogP contribution >= 0.6 is 45.2 Å². The van der Waals surface area contributed by atoms with E-state index in [1.54, 1.807) is 6.07 Å². The maximum atomic E-state index is 12.2. The number of nitrogens with one attached hydrogen (secondary N) is 1. The van der Waals surface area contributed by atoms with Gasteiger partial charge in [-0.3, -0.25) is 4.79 Å². The first kappa shape index (κ1) is 15.9. The maximum absolute atomic E-state index is 12.2. The Kier molecular flexibility index (Phi) is 4.98. The van der Waals surface area contributed by atoms with Crippen molar-refractivity contribution < 1.29 is 19.8 Å². The Morgan fingerprint density at radius 2 is 1.90 bits per heavy atom. The third kappa shape index (κ3) is 3.81. The molecule has 21 heavy (non-hydrogen) atoms. The van der Waals surface area contributed by atoms with Gasteiger partial charge >= 0.3 is 5.97 Å². The predicted octanol–water partition coefficient (Wildman–Crippen LogP) is 2.95. The molecule has 0 spiro atoms. The molecule has 2 rings (SSSR count). The summed E-state index contributed by atoms with van der Waals surface area (Å²) >= 11 is 3.96. The number of aromatic carboxylic acids is 1. The predicted molar refractivity (Wildman–Crippen MR) is 92.7 cm³/mol. The Hall–Kier alpha value is -1.43. The van der Waals surface area contributed by atoms with Crippen molar-refractivity contribution in [2.24, 2.45) is 0 Å². The number of phenolic OH excluding ortho intramolecular Hbond substituents is 1. The van der Waals surface area contributed by atoms with Gasteiger partial charge in [0, 0.05) is 9.77 Å². The minimum Gasteiger partial charge on any atom is -0.506 e. The standard InChI is InChI=1S/C13H8I2N2O4/c14-7-4-8(11(18)9(15)5-7)12(19)17-10-3-6(13(20)21)1-2-16-10/h1-5,18H,(H,20,21)(H,16,17,19). The summed E-state index contributed by atoms with van der Waals surface area (Å²) in [7, 11) is 0. The molecule has 0 radical (unpaired) electrons. The molecule has 1 amide bonds. The van der Waals surface area contributed by atoms with E-state index in [-0.39, 0.29) is 22.7 Å². The van der Waals surface area contributed by atoms with Crippen LogP contribution in [-0.4, -0.2) is 27.1 Å². The minimum atomic E-state index is -1.11. The Balaban J connectivity index is 2.30. The van der Waals surface area contributed by atoms with Crippen LogP contribution in [0, 0.1) is 7.14 Å². The summed E-state index contributed by atoms with van der Waals surface area (Å²) in [6.07, 6.45) is 1.29. The lowest BCUT2D eigenvalue weighted by atomic mass is 10.2. The van der Waals surface area contributed by atoms with Crippen LogP contribution in [0.3, 0.4) is 0 Å². The average molecular weight is 510 g/mol. The number of carboxylic acid groups (broad SMARTS) is 1. The van der Waals surface area contributed by atoms with Gasteiger partial charge in [-0.15, -0.1) is 0 Å². The quantitative estimate of drug-likeness (QED) is 0.552. The number of hydrogen-bond donors (Lipinski definition) is 3. The first-order chi connectivity index (χ1) is 9.88. The molecule has 8 heteroatoms. The third-order valence-electron chi connectivity index (χ3n) is 2.52. The fourth-order valence-electron chi connectivity index (χ4n) is 1.55. The molecule has 0 saturated heterocycles. The number of pyridine rings is 1. The van der Waals surface area contributed by atoms with E-state index < -0.39 is 11.9 Å².